The number of piperazine rings is 1. The molecule has 2 fully saturated rings. The van der Waals surface area contributed by atoms with Crippen LogP contribution in [-0.4, -0.2) is 34.8 Å². The molecule has 1 aliphatic heterocycles. The molecule has 0 aromatic rings. The summed E-state index contributed by atoms with van der Waals surface area (Å²) in [4.78, 5) is 26.6. The molecule has 0 spiro atoms. The molecule has 0 bridgehead atoms. The Labute approximate surface area is 115 Å². The van der Waals surface area contributed by atoms with Crippen molar-refractivity contribution in [2.24, 2.45) is 11.8 Å². The van der Waals surface area contributed by atoms with Crippen molar-refractivity contribution in [3.8, 4) is 0 Å². The van der Waals surface area contributed by atoms with Gasteiger partial charge in [0.15, 0.2) is 0 Å². The molecule has 3 unspecified atom stereocenters. The first kappa shape index (κ1) is 14.4. The maximum absolute atomic E-state index is 12.6. The molecule has 0 aromatic heterocycles. The van der Waals surface area contributed by atoms with E-state index in [9.17, 15) is 9.59 Å². The van der Waals surface area contributed by atoms with E-state index in [4.69, 9.17) is 0 Å². The molecule has 0 aromatic carbocycles. The molecule has 1 aliphatic carbocycles. The normalized spacial score (nSPS) is 30.9. The van der Waals surface area contributed by atoms with E-state index in [-0.39, 0.29) is 35.9 Å². The molecule has 1 heterocycles. The number of hydrogen-bond acceptors (Lipinski definition) is 2. The maximum atomic E-state index is 12.6. The van der Waals surface area contributed by atoms with Gasteiger partial charge in [-0.05, 0) is 38.5 Å². The lowest BCUT2D eigenvalue weighted by Gasteiger charge is -2.44. The summed E-state index contributed by atoms with van der Waals surface area (Å²) in [7, 11) is 0. The van der Waals surface area contributed by atoms with E-state index in [2.05, 4.69) is 12.2 Å². The summed E-state index contributed by atoms with van der Waals surface area (Å²) in [5.41, 5.74) is 0. The van der Waals surface area contributed by atoms with Gasteiger partial charge in [-0.15, -0.1) is 0 Å². The molecule has 2 aliphatic rings. The second-order valence-electron chi connectivity index (χ2n) is 6.44. The fourth-order valence-corrected chi connectivity index (χ4v) is 3.49. The smallest absolute Gasteiger partial charge is 0.246 e. The van der Waals surface area contributed by atoms with Crippen LogP contribution in [0, 0.1) is 11.8 Å². The Morgan fingerprint density at radius 3 is 2.26 bits per heavy atom. The van der Waals surface area contributed by atoms with Gasteiger partial charge < -0.3 is 10.2 Å². The minimum absolute atomic E-state index is 0.0110. The van der Waals surface area contributed by atoms with Crippen LogP contribution in [0.2, 0.25) is 0 Å². The van der Waals surface area contributed by atoms with E-state index in [1.807, 2.05) is 25.7 Å². The highest BCUT2D eigenvalue weighted by molar-refractivity contribution is 5.97. The van der Waals surface area contributed by atoms with Crippen LogP contribution < -0.4 is 5.32 Å². The Morgan fingerprint density at radius 2 is 1.74 bits per heavy atom. The van der Waals surface area contributed by atoms with Crippen LogP contribution in [0.1, 0.15) is 53.4 Å². The SMILES string of the molecule is CC(C)C1NC(=O)C(C)N(C(C)C2CCCC2)C1=O. The van der Waals surface area contributed by atoms with E-state index >= 15 is 0 Å². The fraction of sp³-hybridized carbons (Fsp3) is 0.867. The number of amides is 2. The molecule has 19 heavy (non-hydrogen) atoms. The predicted molar refractivity (Wildman–Crippen MR) is 74.5 cm³/mol. The van der Waals surface area contributed by atoms with Crippen molar-refractivity contribution in [2.45, 2.75) is 71.5 Å². The van der Waals surface area contributed by atoms with Crippen molar-refractivity contribution in [1.82, 2.24) is 10.2 Å². The van der Waals surface area contributed by atoms with Gasteiger partial charge in [0.05, 0.1) is 0 Å². The van der Waals surface area contributed by atoms with Crippen molar-refractivity contribution >= 4 is 11.8 Å². The lowest BCUT2D eigenvalue weighted by molar-refractivity contribution is -0.153. The monoisotopic (exact) mass is 266 g/mol. The molecule has 4 heteroatoms. The zero-order chi connectivity index (χ0) is 14.2. The minimum atomic E-state index is -0.354. The summed E-state index contributed by atoms with van der Waals surface area (Å²) in [6.07, 6.45) is 4.88. The molecule has 2 amide bonds. The van der Waals surface area contributed by atoms with E-state index < -0.39 is 0 Å². The fourth-order valence-electron chi connectivity index (χ4n) is 3.49. The third kappa shape index (κ3) is 2.63. The maximum Gasteiger partial charge on any atom is 0.246 e. The third-order valence-electron chi connectivity index (χ3n) is 4.80. The topological polar surface area (TPSA) is 49.4 Å². The predicted octanol–water partition coefficient (Wildman–Crippen LogP) is 1.94. The lowest BCUT2D eigenvalue weighted by atomic mass is 9.92. The van der Waals surface area contributed by atoms with Crippen LogP contribution in [-0.2, 0) is 9.59 Å². The van der Waals surface area contributed by atoms with Crippen molar-refractivity contribution in [2.75, 3.05) is 0 Å². The van der Waals surface area contributed by atoms with Gasteiger partial charge in [-0.3, -0.25) is 9.59 Å². The summed E-state index contributed by atoms with van der Waals surface area (Å²) in [5.74, 6) is 0.789. The van der Waals surface area contributed by atoms with E-state index in [1.165, 1.54) is 25.7 Å². The largest absolute Gasteiger partial charge is 0.342 e. The standard InChI is InChI=1S/C15H26N2O2/c1-9(2)13-15(19)17(11(4)14(18)16-13)10(3)12-7-5-6-8-12/h9-13H,5-8H2,1-4H3,(H,16,18). The average Bonchev–Trinajstić information content (AvgIpc) is 2.87. The Hall–Kier alpha value is -1.06. The second kappa shape index (κ2) is 5.51. The molecule has 1 saturated heterocycles. The summed E-state index contributed by atoms with van der Waals surface area (Å²) >= 11 is 0. The third-order valence-corrected chi connectivity index (χ3v) is 4.80. The van der Waals surface area contributed by atoms with Crippen molar-refractivity contribution < 1.29 is 9.59 Å². The van der Waals surface area contributed by atoms with Gasteiger partial charge in [0.25, 0.3) is 0 Å². The first-order chi connectivity index (χ1) is 8.93. The van der Waals surface area contributed by atoms with Crippen molar-refractivity contribution in [1.29, 1.82) is 0 Å². The first-order valence-electron chi connectivity index (χ1n) is 7.56. The molecule has 3 atom stereocenters. The molecule has 108 valence electrons. The summed E-state index contributed by atoms with van der Waals surface area (Å²) in [6.45, 7) is 7.92. The quantitative estimate of drug-likeness (QED) is 0.848. The summed E-state index contributed by atoms with van der Waals surface area (Å²) < 4.78 is 0. The van der Waals surface area contributed by atoms with Gasteiger partial charge in [-0.25, -0.2) is 0 Å². The highest BCUT2D eigenvalue weighted by Gasteiger charge is 2.43. The molecule has 4 nitrogen and oxygen atoms in total. The van der Waals surface area contributed by atoms with Gasteiger partial charge in [-0.2, -0.15) is 0 Å². The molecule has 1 N–H and O–H groups in total. The van der Waals surface area contributed by atoms with Crippen LogP contribution in [0.3, 0.4) is 0 Å². The van der Waals surface area contributed by atoms with Crippen molar-refractivity contribution in [3.63, 3.8) is 0 Å². The van der Waals surface area contributed by atoms with Crippen LogP contribution in [0.15, 0.2) is 0 Å². The molecular weight excluding hydrogens is 240 g/mol. The summed E-state index contributed by atoms with van der Waals surface area (Å²) in [6, 6.07) is -0.511. The number of carbonyl (C=O) groups excluding carboxylic acids is 2. The number of nitrogens with one attached hydrogen (secondary N) is 1. The molecule has 1 saturated carbocycles. The molecule has 2 rings (SSSR count). The minimum Gasteiger partial charge on any atom is -0.342 e. The van der Waals surface area contributed by atoms with E-state index in [0.717, 1.165) is 0 Å². The Bertz CT molecular complexity index is 361. The van der Waals surface area contributed by atoms with Crippen LogP contribution >= 0.6 is 0 Å². The van der Waals surface area contributed by atoms with Gasteiger partial charge in [0.1, 0.15) is 12.1 Å². The van der Waals surface area contributed by atoms with Gasteiger partial charge in [-0.1, -0.05) is 26.7 Å². The van der Waals surface area contributed by atoms with Crippen LogP contribution in [0.25, 0.3) is 0 Å². The first-order valence-corrected chi connectivity index (χ1v) is 7.56. The Balaban J connectivity index is 2.19. The highest BCUT2D eigenvalue weighted by Crippen LogP contribution is 2.32. The molecule has 0 radical (unpaired) electrons. The Kier molecular flexibility index (Phi) is 4.16. The van der Waals surface area contributed by atoms with Crippen LogP contribution in [0.4, 0.5) is 0 Å². The zero-order valence-corrected chi connectivity index (χ0v) is 12.5. The van der Waals surface area contributed by atoms with Gasteiger partial charge in [0, 0.05) is 6.04 Å². The summed E-state index contributed by atoms with van der Waals surface area (Å²) in [5, 5.41) is 2.86. The molecular formula is C15H26N2O2. The van der Waals surface area contributed by atoms with E-state index in [1.54, 1.807) is 0 Å². The van der Waals surface area contributed by atoms with Gasteiger partial charge in [0.2, 0.25) is 11.8 Å². The Morgan fingerprint density at radius 1 is 1.16 bits per heavy atom. The van der Waals surface area contributed by atoms with Crippen molar-refractivity contribution in [3.05, 3.63) is 0 Å². The highest BCUT2D eigenvalue weighted by atomic mass is 16.2. The van der Waals surface area contributed by atoms with E-state index in [0.29, 0.717) is 5.92 Å². The van der Waals surface area contributed by atoms with Crippen LogP contribution in [0.5, 0.6) is 0 Å². The average molecular weight is 266 g/mol. The number of hydrogen-bond donors (Lipinski definition) is 1. The number of nitrogens with zero attached hydrogens (tertiary/aromatic N) is 1. The lowest BCUT2D eigenvalue weighted by Crippen LogP contribution is -2.66. The number of carbonyl (C=O) groups is 2. The van der Waals surface area contributed by atoms with Gasteiger partial charge >= 0.3 is 0 Å². The second-order valence-corrected chi connectivity index (χ2v) is 6.44. The zero-order valence-electron chi connectivity index (χ0n) is 12.5. The number of rotatable bonds is 3.